The molecule has 0 aromatic heterocycles. The van der Waals surface area contributed by atoms with E-state index in [1.807, 2.05) is 0 Å². The van der Waals surface area contributed by atoms with Gasteiger partial charge in [-0.25, -0.2) is 0 Å². The largest absolute Gasteiger partial charge is 0.482 e. The van der Waals surface area contributed by atoms with E-state index in [2.05, 4.69) is 17.6 Å². The molecule has 1 heterocycles. The molecule has 0 radical (unpaired) electrons. The Morgan fingerprint density at radius 2 is 2.09 bits per heavy atom. The molecule has 5 heteroatoms. The topological polar surface area (TPSA) is 67.4 Å². The fraction of sp³-hybridized carbons (Fsp3) is 0.529. The molecular weight excluding hydrogens is 280 g/mol. The first-order valence-corrected chi connectivity index (χ1v) is 8.01. The number of anilines is 1. The first-order valence-electron chi connectivity index (χ1n) is 8.01. The zero-order valence-corrected chi connectivity index (χ0v) is 12.9. The average molecular weight is 302 g/mol. The molecule has 2 aliphatic rings. The van der Waals surface area contributed by atoms with Crippen molar-refractivity contribution < 1.29 is 14.3 Å². The predicted molar refractivity (Wildman–Crippen MR) is 84.1 cm³/mol. The van der Waals surface area contributed by atoms with Crippen molar-refractivity contribution in [2.45, 2.75) is 45.1 Å². The van der Waals surface area contributed by atoms with Crippen LogP contribution in [0.4, 0.5) is 5.69 Å². The third-order valence-corrected chi connectivity index (χ3v) is 4.59. The third kappa shape index (κ3) is 3.24. The molecule has 1 atom stereocenters. The molecule has 2 amide bonds. The van der Waals surface area contributed by atoms with Crippen molar-refractivity contribution in [3.63, 3.8) is 0 Å². The molecule has 5 nitrogen and oxygen atoms in total. The summed E-state index contributed by atoms with van der Waals surface area (Å²) in [4.78, 5) is 23.6. The second-order valence-corrected chi connectivity index (χ2v) is 6.21. The van der Waals surface area contributed by atoms with Crippen LogP contribution in [0.15, 0.2) is 18.2 Å². The number of fused-ring (bicyclic) bond motifs is 1. The number of benzene rings is 1. The van der Waals surface area contributed by atoms with Gasteiger partial charge in [-0.2, -0.15) is 0 Å². The second kappa shape index (κ2) is 6.38. The van der Waals surface area contributed by atoms with Crippen LogP contribution in [-0.2, 0) is 4.79 Å². The van der Waals surface area contributed by atoms with Crippen LogP contribution in [0.25, 0.3) is 0 Å². The minimum atomic E-state index is -0.171. The van der Waals surface area contributed by atoms with Crippen molar-refractivity contribution in [2.24, 2.45) is 5.92 Å². The molecule has 1 saturated carbocycles. The average Bonchev–Trinajstić information content (AvgIpc) is 2.55. The van der Waals surface area contributed by atoms with Crippen LogP contribution in [0.1, 0.15) is 49.4 Å². The molecule has 1 aromatic rings. The lowest BCUT2D eigenvalue weighted by molar-refractivity contribution is -0.118. The standard InChI is InChI=1S/C17H22N2O3/c1-11(12-5-3-2-4-6-12)18-17(21)13-7-8-14-15(9-13)22-10-16(20)19-14/h7-9,11-12H,2-6,10H2,1H3,(H,18,21)(H,19,20)/t11-/m0/s1. The molecule has 3 rings (SSSR count). The second-order valence-electron chi connectivity index (χ2n) is 6.21. The van der Waals surface area contributed by atoms with E-state index >= 15 is 0 Å². The van der Waals surface area contributed by atoms with Crippen molar-refractivity contribution in [3.8, 4) is 5.75 Å². The van der Waals surface area contributed by atoms with Crippen molar-refractivity contribution in [1.29, 1.82) is 0 Å². The van der Waals surface area contributed by atoms with Gasteiger partial charge in [-0.05, 0) is 43.9 Å². The molecular formula is C17H22N2O3. The van der Waals surface area contributed by atoms with Gasteiger partial charge in [0.25, 0.3) is 11.8 Å². The summed E-state index contributed by atoms with van der Waals surface area (Å²) < 4.78 is 5.36. The smallest absolute Gasteiger partial charge is 0.262 e. The van der Waals surface area contributed by atoms with Gasteiger partial charge in [0.2, 0.25) is 0 Å². The summed E-state index contributed by atoms with van der Waals surface area (Å²) >= 11 is 0. The molecule has 2 N–H and O–H groups in total. The van der Waals surface area contributed by atoms with Crippen molar-refractivity contribution in [1.82, 2.24) is 5.32 Å². The van der Waals surface area contributed by atoms with Crippen LogP contribution in [0.3, 0.4) is 0 Å². The zero-order chi connectivity index (χ0) is 15.5. The lowest BCUT2D eigenvalue weighted by Crippen LogP contribution is -2.39. The van der Waals surface area contributed by atoms with E-state index in [0.717, 1.165) is 0 Å². The molecule has 0 saturated heterocycles. The van der Waals surface area contributed by atoms with Gasteiger partial charge in [0.1, 0.15) is 5.75 Å². The summed E-state index contributed by atoms with van der Waals surface area (Å²) in [6, 6.07) is 5.31. The minimum absolute atomic E-state index is 0.00342. The van der Waals surface area contributed by atoms with E-state index in [-0.39, 0.29) is 24.5 Å². The summed E-state index contributed by atoms with van der Waals surface area (Å²) in [5.41, 5.74) is 1.19. The minimum Gasteiger partial charge on any atom is -0.482 e. The highest BCUT2D eigenvalue weighted by molar-refractivity contribution is 5.99. The highest BCUT2D eigenvalue weighted by Gasteiger charge is 2.23. The van der Waals surface area contributed by atoms with E-state index in [1.165, 1.54) is 32.1 Å². The summed E-state index contributed by atoms with van der Waals surface area (Å²) in [6.07, 6.45) is 6.22. The fourth-order valence-electron chi connectivity index (χ4n) is 3.26. The molecule has 1 fully saturated rings. The lowest BCUT2D eigenvalue weighted by atomic mass is 9.84. The number of carbonyl (C=O) groups excluding carboxylic acids is 2. The highest BCUT2D eigenvalue weighted by Crippen LogP contribution is 2.29. The Morgan fingerprint density at radius 3 is 2.86 bits per heavy atom. The van der Waals surface area contributed by atoms with Gasteiger partial charge in [-0.15, -0.1) is 0 Å². The van der Waals surface area contributed by atoms with Crippen LogP contribution >= 0.6 is 0 Å². The van der Waals surface area contributed by atoms with E-state index < -0.39 is 0 Å². The molecule has 1 aromatic carbocycles. The van der Waals surface area contributed by atoms with Crippen LogP contribution in [-0.4, -0.2) is 24.5 Å². The van der Waals surface area contributed by atoms with Gasteiger partial charge >= 0.3 is 0 Å². The van der Waals surface area contributed by atoms with Gasteiger partial charge < -0.3 is 15.4 Å². The van der Waals surface area contributed by atoms with E-state index in [0.29, 0.717) is 22.9 Å². The summed E-state index contributed by atoms with van der Waals surface area (Å²) in [6.45, 7) is 2.08. The maximum Gasteiger partial charge on any atom is 0.262 e. The van der Waals surface area contributed by atoms with Gasteiger partial charge in [0.15, 0.2) is 6.61 Å². The van der Waals surface area contributed by atoms with Crippen LogP contribution < -0.4 is 15.4 Å². The highest BCUT2D eigenvalue weighted by atomic mass is 16.5. The van der Waals surface area contributed by atoms with Crippen LogP contribution in [0.5, 0.6) is 5.75 Å². The zero-order valence-electron chi connectivity index (χ0n) is 12.9. The monoisotopic (exact) mass is 302 g/mol. The summed E-state index contributed by atoms with van der Waals surface area (Å²) in [5, 5.41) is 5.82. The Morgan fingerprint density at radius 1 is 1.32 bits per heavy atom. The van der Waals surface area contributed by atoms with Crippen molar-refractivity contribution in [2.75, 3.05) is 11.9 Å². The summed E-state index contributed by atoms with van der Waals surface area (Å²) in [5.74, 6) is 0.875. The van der Waals surface area contributed by atoms with E-state index in [9.17, 15) is 9.59 Å². The molecule has 1 aliphatic carbocycles. The molecule has 118 valence electrons. The van der Waals surface area contributed by atoms with Crippen LogP contribution in [0.2, 0.25) is 0 Å². The number of hydrogen-bond acceptors (Lipinski definition) is 3. The maximum absolute atomic E-state index is 12.4. The number of rotatable bonds is 3. The molecule has 0 bridgehead atoms. The van der Waals surface area contributed by atoms with Gasteiger partial charge in [-0.3, -0.25) is 9.59 Å². The van der Waals surface area contributed by atoms with E-state index in [1.54, 1.807) is 18.2 Å². The first kappa shape index (κ1) is 14.9. The van der Waals surface area contributed by atoms with Gasteiger partial charge in [-0.1, -0.05) is 19.3 Å². The fourth-order valence-corrected chi connectivity index (χ4v) is 3.26. The quantitative estimate of drug-likeness (QED) is 0.902. The Bertz CT molecular complexity index is 579. The molecule has 22 heavy (non-hydrogen) atoms. The normalized spacial score (nSPS) is 19.6. The molecule has 0 spiro atoms. The number of hydrogen-bond donors (Lipinski definition) is 2. The lowest BCUT2D eigenvalue weighted by Gasteiger charge is -2.28. The van der Waals surface area contributed by atoms with Crippen molar-refractivity contribution in [3.05, 3.63) is 23.8 Å². The van der Waals surface area contributed by atoms with Gasteiger partial charge in [0.05, 0.1) is 5.69 Å². The maximum atomic E-state index is 12.4. The Labute approximate surface area is 130 Å². The molecule has 0 unspecified atom stereocenters. The Hall–Kier alpha value is -2.04. The first-order chi connectivity index (χ1) is 10.6. The number of carbonyl (C=O) groups is 2. The summed E-state index contributed by atoms with van der Waals surface area (Å²) in [7, 11) is 0. The number of ether oxygens (including phenoxy) is 1. The number of amides is 2. The van der Waals surface area contributed by atoms with Crippen molar-refractivity contribution >= 4 is 17.5 Å². The van der Waals surface area contributed by atoms with Crippen LogP contribution in [0, 0.1) is 5.92 Å². The van der Waals surface area contributed by atoms with E-state index in [4.69, 9.17) is 4.74 Å². The Balaban J connectivity index is 1.66. The molecule has 1 aliphatic heterocycles. The predicted octanol–water partition coefficient (Wildman–Crippen LogP) is 2.72. The Kier molecular flexibility index (Phi) is 4.32. The number of nitrogens with one attached hydrogen (secondary N) is 2. The SMILES string of the molecule is C[C@H](NC(=O)c1ccc2c(c1)OCC(=O)N2)C1CCCCC1. The third-order valence-electron chi connectivity index (χ3n) is 4.59. The van der Waals surface area contributed by atoms with Gasteiger partial charge in [0, 0.05) is 11.6 Å².